The van der Waals surface area contributed by atoms with Crippen LogP contribution in [0.1, 0.15) is 24.8 Å². The molecular formula is C24H29IN4O4S. The molecule has 2 aromatic carbocycles. The number of rotatable bonds is 11. The Morgan fingerprint density at radius 2 is 2.00 bits per heavy atom. The van der Waals surface area contributed by atoms with Crippen molar-refractivity contribution in [2.75, 3.05) is 30.8 Å². The maximum atomic E-state index is 13.1. The molecule has 0 radical (unpaired) electrons. The van der Waals surface area contributed by atoms with E-state index in [-0.39, 0.29) is 12.5 Å². The molecule has 0 amide bonds. The van der Waals surface area contributed by atoms with Crippen LogP contribution >= 0.6 is 22.6 Å². The first-order valence-corrected chi connectivity index (χ1v) is 13.9. The van der Waals surface area contributed by atoms with Crippen molar-refractivity contribution in [1.29, 1.82) is 0 Å². The Bertz CT molecular complexity index is 1150. The van der Waals surface area contributed by atoms with E-state index in [0.29, 0.717) is 37.5 Å². The SMILES string of the molecule is COc1ccc(I)c(N(C2CC(COCc3ccccc3)CC=C2CCN=[N+]=[N-])S(C)(=O)=O)c1. The van der Waals surface area contributed by atoms with Crippen LogP contribution in [0.4, 0.5) is 5.69 Å². The molecular weight excluding hydrogens is 567 g/mol. The summed E-state index contributed by atoms with van der Waals surface area (Å²) in [6.07, 6.45) is 5.20. The Labute approximate surface area is 214 Å². The highest BCUT2D eigenvalue weighted by Gasteiger charge is 2.35. The lowest BCUT2D eigenvalue weighted by Gasteiger charge is -2.38. The molecule has 2 unspecified atom stereocenters. The fourth-order valence-electron chi connectivity index (χ4n) is 4.18. The summed E-state index contributed by atoms with van der Waals surface area (Å²) in [7, 11) is -2.07. The zero-order valence-corrected chi connectivity index (χ0v) is 22.3. The number of halogens is 1. The van der Waals surface area contributed by atoms with Crippen LogP contribution in [0.2, 0.25) is 0 Å². The molecule has 2 aromatic rings. The van der Waals surface area contributed by atoms with Gasteiger partial charge in [-0.2, -0.15) is 0 Å². The van der Waals surface area contributed by atoms with Crippen LogP contribution in [0.5, 0.6) is 5.75 Å². The molecule has 10 heteroatoms. The fourth-order valence-corrected chi connectivity index (χ4v) is 6.13. The minimum Gasteiger partial charge on any atom is -0.497 e. The molecule has 34 heavy (non-hydrogen) atoms. The van der Waals surface area contributed by atoms with Crippen molar-refractivity contribution in [3.05, 3.63) is 79.8 Å². The lowest BCUT2D eigenvalue weighted by molar-refractivity contribution is 0.0818. The average molecular weight is 596 g/mol. The largest absolute Gasteiger partial charge is 0.497 e. The third kappa shape index (κ3) is 7.11. The van der Waals surface area contributed by atoms with E-state index in [4.69, 9.17) is 15.0 Å². The molecule has 0 fully saturated rings. The first kappa shape index (κ1) is 26.3. The molecule has 8 nitrogen and oxygen atoms in total. The van der Waals surface area contributed by atoms with Gasteiger partial charge in [0.2, 0.25) is 10.0 Å². The van der Waals surface area contributed by atoms with E-state index in [2.05, 4.69) is 38.7 Å². The Morgan fingerprint density at radius 3 is 2.68 bits per heavy atom. The van der Waals surface area contributed by atoms with Crippen LogP contribution in [0.25, 0.3) is 10.4 Å². The maximum Gasteiger partial charge on any atom is 0.232 e. The Hall–Kier alpha value is -2.27. The molecule has 0 heterocycles. The molecule has 3 rings (SSSR count). The van der Waals surface area contributed by atoms with E-state index >= 15 is 0 Å². The number of sulfonamides is 1. The molecule has 182 valence electrons. The van der Waals surface area contributed by atoms with Crippen molar-refractivity contribution in [2.45, 2.75) is 31.9 Å². The second kappa shape index (κ2) is 12.4. The number of benzene rings is 2. The highest BCUT2D eigenvalue weighted by atomic mass is 127. The van der Waals surface area contributed by atoms with Gasteiger partial charge in [-0.05, 0) is 71.0 Å². The van der Waals surface area contributed by atoms with Crippen LogP contribution in [0.3, 0.4) is 0 Å². The van der Waals surface area contributed by atoms with Gasteiger partial charge in [0, 0.05) is 21.1 Å². The predicted molar refractivity (Wildman–Crippen MR) is 142 cm³/mol. The molecule has 0 N–H and O–H groups in total. The third-order valence-electron chi connectivity index (χ3n) is 5.76. The van der Waals surface area contributed by atoms with Crippen LogP contribution in [-0.2, 0) is 21.4 Å². The first-order valence-electron chi connectivity index (χ1n) is 11.0. The molecule has 1 aliphatic rings. The van der Waals surface area contributed by atoms with Crippen molar-refractivity contribution in [2.24, 2.45) is 11.0 Å². The van der Waals surface area contributed by atoms with E-state index < -0.39 is 16.1 Å². The van der Waals surface area contributed by atoms with Crippen LogP contribution in [0.15, 0.2) is 65.3 Å². The van der Waals surface area contributed by atoms with Crippen LogP contribution < -0.4 is 9.04 Å². The van der Waals surface area contributed by atoms with Crippen molar-refractivity contribution < 1.29 is 17.9 Å². The molecule has 2 atom stereocenters. The lowest BCUT2D eigenvalue weighted by atomic mass is 9.84. The summed E-state index contributed by atoms with van der Waals surface area (Å²) in [6.45, 7) is 1.32. The second-order valence-corrected chi connectivity index (χ2v) is 11.2. The van der Waals surface area contributed by atoms with Crippen molar-refractivity contribution in [3.8, 4) is 5.75 Å². The number of azide groups is 1. The van der Waals surface area contributed by atoms with Gasteiger partial charge in [-0.15, -0.1) is 0 Å². The molecule has 0 aromatic heterocycles. The zero-order chi connectivity index (χ0) is 24.6. The highest BCUT2D eigenvalue weighted by Crippen LogP contribution is 2.38. The van der Waals surface area contributed by atoms with E-state index in [9.17, 15) is 8.42 Å². The quantitative estimate of drug-likeness (QED) is 0.109. The number of allylic oxidation sites excluding steroid dienone is 1. The first-order chi connectivity index (χ1) is 16.3. The predicted octanol–water partition coefficient (Wildman–Crippen LogP) is 5.69. The fraction of sp³-hybridized carbons (Fsp3) is 0.417. The zero-order valence-electron chi connectivity index (χ0n) is 19.3. The van der Waals surface area contributed by atoms with Gasteiger partial charge in [0.1, 0.15) is 5.75 Å². The van der Waals surface area contributed by atoms with Gasteiger partial charge >= 0.3 is 0 Å². The Balaban J connectivity index is 1.88. The van der Waals surface area contributed by atoms with Gasteiger partial charge in [-0.3, -0.25) is 4.31 Å². The number of nitrogens with zero attached hydrogens (tertiary/aromatic N) is 4. The van der Waals surface area contributed by atoms with Gasteiger partial charge in [0.25, 0.3) is 0 Å². The van der Waals surface area contributed by atoms with Crippen molar-refractivity contribution >= 4 is 38.3 Å². The van der Waals surface area contributed by atoms with E-state index in [1.807, 2.05) is 42.5 Å². The molecule has 0 saturated carbocycles. The maximum absolute atomic E-state index is 13.1. The Kier molecular flexibility index (Phi) is 9.63. The van der Waals surface area contributed by atoms with Gasteiger partial charge in [-0.25, -0.2) is 8.42 Å². The summed E-state index contributed by atoms with van der Waals surface area (Å²) in [4.78, 5) is 2.85. The van der Waals surface area contributed by atoms with E-state index in [1.165, 1.54) is 10.6 Å². The van der Waals surface area contributed by atoms with Crippen molar-refractivity contribution in [1.82, 2.24) is 0 Å². The summed E-state index contributed by atoms with van der Waals surface area (Å²) in [6, 6.07) is 15.0. The summed E-state index contributed by atoms with van der Waals surface area (Å²) in [5.41, 5.74) is 11.3. The van der Waals surface area contributed by atoms with Gasteiger partial charge < -0.3 is 9.47 Å². The van der Waals surface area contributed by atoms with Crippen LogP contribution in [-0.4, -0.2) is 41.0 Å². The topological polar surface area (TPSA) is 105 Å². The normalized spacial score (nSPS) is 18.0. The minimum atomic E-state index is -3.63. The van der Waals surface area contributed by atoms with Gasteiger partial charge in [0.05, 0.1) is 38.3 Å². The highest BCUT2D eigenvalue weighted by molar-refractivity contribution is 14.1. The van der Waals surface area contributed by atoms with Gasteiger partial charge in [0.15, 0.2) is 0 Å². The van der Waals surface area contributed by atoms with E-state index in [1.54, 1.807) is 13.2 Å². The Morgan fingerprint density at radius 1 is 1.24 bits per heavy atom. The number of anilines is 1. The molecule has 0 spiro atoms. The van der Waals surface area contributed by atoms with Crippen LogP contribution in [0, 0.1) is 9.49 Å². The monoisotopic (exact) mass is 596 g/mol. The number of methoxy groups -OCH3 is 1. The smallest absolute Gasteiger partial charge is 0.232 e. The molecule has 0 bridgehead atoms. The third-order valence-corrected chi connectivity index (χ3v) is 7.84. The summed E-state index contributed by atoms with van der Waals surface area (Å²) in [5, 5.41) is 3.67. The summed E-state index contributed by atoms with van der Waals surface area (Å²) in [5.74, 6) is 0.742. The number of ether oxygens (including phenoxy) is 2. The molecule has 1 aliphatic carbocycles. The molecule has 0 saturated heterocycles. The van der Waals surface area contributed by atoms with Gasteiger partial charge in [-0.1, -0.05) is 47.1 Å². The minimum absolute atomic E-state index is 0.157. The summed E-state index contributed by atoms with van der Waals surface area (Å²) < 4.78 is 39.9. The average Bonchev–Trinajstić information content (AvgIpc) is 2.81. The molecule has 0 aliphatic heterocycles. The number of hydrogen-bond donors (Lipinski definition) is 0. The summed E-state index contributed by atoms with van der Waals surface area (Å²) >= 11 is 2.15. The van der Waals surface area contributed by atoms with Crippen molar-refractivity contribution in [3.63, 3.8) is 0 Å². The lowest BCUT2D eigenvalue weighted by Crippen LogP contribution is -2.44. The second-order valence-electron chi connectivity index (χ2n) is 8.21. The standard InChI is InChI=1S/C24H29IN4O4S/c1-32-21-10-11-22(25)24(15-21)29(34(2,30)31)23-14-19(8-9-20(23)12-13-27-28-26)17-33-16-18-6-4-3-5-7-18/h3-7,9-11,15,19,23H,8,12-14,16-17H2,1-2H3. The van der Waals surface area contributed by atoms with E-state index in [0.717, 1.165) is 21.1 Å². The number of hydrogen-bond acceptors (Lipinski definition) is 5.